The van der Waals surface area contributed by atoms with Gasteiger partial charge in [0, 0.05) is 0 Å². The van der Waals surface area contributed by atoms with Gasteiger partial charge in [0.15, 0.2) is 0 Å². The van der Waals surface area contributed by atoms with Crippen LogP contribution in [0.15, 0.2) is 24.5 Å². The van der Waals surface area contributed by atoms with Gasteiger partial charge in [0.2, 0.25) is 0 Å². The lowest BCUT2D eigenvalue weighted by Gasteiger charge is -2.02. The highest BCUT2D eigenvalue weighted by molar-refractivity contribution is 5.90. The van der Waals surface area contributed by atoms with Crippen molar-refractivity contribution in [2.45, 2.75) is 0 Å². The average Bonchev–Trinajstić information content (AvgIpc) is 2.63. The summed E-state index contributed by atoms with van der Waals surface area (Å²) in [4.78, 5) is 0. The van der Waals surface area contributed by atoms with E-state index >= 15 is 0 Å². The molecule has 66 valence electrons. The minimum absolute atomic E-state index is 0.805. The molecule has 0 saturated carbocycles. The molecular formula is C9H10N4. The third-order valence-corrected chi connectivity index (χ3v) is 2.29. The summed E-state index contributed by atoms with van der Waals surface area (Å²) in [6.45, 7) is 4.61. The van der Waals surface area contributed by atoms with Crippen molar-refractivity contribution in [2.75, 3.05) is 27.9 Å². The zero-order valence-electron chi connectivity index (χ0n) is 7.07. The third kappa shape index (κ3) is 0.853. The number of hydrogen-bond donors (Lipinski definition) is 4. The van der Waals surface area contributed by atoms with E-state index in [4.69, 9.17) is 0 Å². The zero-order chi connectivity index (χ0) is 8.84. The summed E-state index contributed by atoms with van der Waals surface area (Å²) < 4.78 is 0. The third-order valence-electron chi connectivity index (χ3n) is 2.29. The Hall–Kier alpha value is -1.84. The van der Waals surface area contributed by atoms with E-state index < -0.39 is 0 Å². The Labute approximate surface area is 76.0 Å². The highest BCUT2D eigenvalue weighted by Gasteiger charge is 2.17. The smallest absolute Gasteiger partial charge is 0.100 e. The summed E-state index contributed by atoms with van der Waals surface area (Å²) in [5, 5.41) is 12.8. The summed E-state index contributed by atoms with van der Waals surface area (Å²) in [7, 11) is 0. The van der Waals surface area contributed by atoms with E-state index in [9.17, 15) is 0 Å². The SMILES string of the molecule is C=C1Nc2cc3c(cc2N1)NCN3. The lowest BCUT2D eigenvalue weighted by molar-refractivity contribution is 1.31. The van der Waals surface area contributed by atoms with E-state index in [1.807, 2.05) is 0 Å². The summed E-state index contributed by atoms with van der Waals surface area (Å²) in [6.07, 6.45) is 0. The molecule has 0 aromatic heterocycles. The van der Waals surface area contributed by atoms with E-state index in [-0.39, 0.29) is 0 Å². The number of hydrogen-bond acceptors (Lipinski definition) is 4. The lowest BCUT2D eigenvalue weighted by Crippen LogP contribution is -1.99. The van der Waals surface area contributed by atoms with Crippen molar-refractivity contribution in [3.8, 4) is 0 Å². The van der Waals surface area contributed by atoms with Gasteiger partial charge in [-0.25, -0.2) is 0 Å². The van der Waals surface area contributed by atoms with E-state index in [0.29, 0.717) is 0 Å². The molecule has 4 heteroatoms. The molecule has 0 amide bonds. The van der Waals surface area contributed by atoms with Gasteiger partial charge in [0.05, 0.1) is 29.4 Å². The molecule has 2 heterocycles. The van der Waals surface area contributed by atoms with Crippen LogP contribution in [0.3, 0.4) is 0 Å². The number of anilines is 4. The van der Waals surface area contributed by atoms with Gasteiger partial charge in [-0.3, -0.25) is 0 Å². The summed E-state index contributed by atoms with van der Waals surface area (Å²) in [5.74, 6) is 0.832. The number of benzene rings is 1. The Bertz CT molecular complexity index is 362. The molecule has 0 atom stereocenters. The van der Waals surface area contributed by atoms with E-state index in [1.165, 1.54) is 0 Å². The predicted molar refractivity (Wildman–Crippen MR) is 54.9 cm³/mol. The quantitative estimate of drug-likeness (QED) is 0.484. The van der Waals surface area contributed by atoms with Gasteiger partial charge in [-0.05, 0) is 12.1 Å². The molecule has 0 aliphatic carbocycles. The first-order valence-electron chi connectivity index (χ1n) is 4.22. The zero-order valence-corrected chi connectivity index (χ0v) is 7.07. The van der Waals surface area contributed by atoms with Crippen LogP contribution < -0.4 is 21.3 Å². The minimum Gasteiger partial charge on any atom is -0.366 e. The van der Waals surface area contributed by atoms with Crippen LogP contribution >= 0.6 is 0 Å². The van der Waals surface area contributed by atoms with Gasteiger partial charge in [0.1, 0.15) is 5.82 Å². The maximum absolute atomic E-state index is 3.81. The van der Waals surface area contributed by atoms with Crippen molar-refractivity contribution in [1.82, 2.24) is 0 Å². The fourth-order valence-electron chi connectivity index (χ4n) is 1.69. The Kier molecular flexibility index (Phi) is 1.07. The van der Waals surface area contributed by atoms with Crippen molar-refractivity contribution in [3.05, 3.63) is 24.5 Å². The molecule has 0 bridgehead atoms. The molecule has 0 unspecified atom stereocenters. The summed E-state index contributed by atoms with van der Waals surface area (Å²) >= 11 is 0. The molecule has 4 N–H and O–H groups in total. The van der Waals surface area contributed by atoms with Crippen LogP contribution in [0, 0.1) is 0 Å². The van der Waals surface area contributed by atoms with Crippen LogP contribution in [0.1, 0.15) is 0 Å². The van der Waals surface area contributed by atoms with Gasteiger partial charge in [-0.15, -0.1) is 0 Å². The molecular weight excluding hydrogens is 164 g/mol. The van der Waals surface area contributed by atoms with Crippen LogP contribution in [-0.2, 0) is 0 Å². The van der Waals surface area contributed by atoms with E-state index in [1.54, 1.807) is 0 Å². The number of rotatable bonds is 0. The van der Waals surface area contributed by atoms with Gasteiger partial charge < -0.3 is 21.3 Å². The number of fused-ring (bicyclic) bond motifs is 2. The molecule has 0 saturated heterocycles. The maximum Gasteiger partial charge on any atom is 0.100 e. The molecule has 3 rings (SSSR count). The number of nitrogens with one attached hydrogen (secondary N) is 4. The molecule has 2 aliphatic rings. The first kappa shape index (κ1) is 6.65. The molecule has 0 radical (unpaired) electrons. The monoisotopic (exact) mass is 174 g/mol. The minimum atomic E-state index is 0.805. The molecule has 1 aromatic rings. The van der Waals surface area contributed by atoms with Crippen molar-refractivity contribution >= 4 is 22.7 Å². The Morgan fingerprint density at radius 1 is 0.923 bits per heavy atom. The second kappa shape index (κ2) is 2.10. The van der Waals surface area contributed by atoms with Gasteiger partial charge >= 0.3 is 0 Å². The summed E-state index contributed by atoms with van der Waals surface area (Å²) in [6, 6.07) is 4.16. The standard InChI is InChI=1S/C9H10N4/c1-5-12-8-2-6-7(11-4-10-6)3-9(8)13-5/h2-3,10-13H,1,4H2. The largest absolute Gasteiger partial charge is 0.366 e. The first-order chi connectivity index (χ1) is 6.33. The fourth-order valence-corrected chi connectivity index (χ4v) is 1.69. The van der Waals surface area contributed by atoms with Crippen molar-refractivity contribution < 1.29 is 0 Å². The molecule has 0 fully saturated rings. The normalized spacial score (nSPS) is 16.5. The Morgan fingerprint density at radius 2 is 1.46 bits per heavy atom. The molecule has 0 spiro atoms. The van der Waals surface area contributed by atoms with Crippen LogP contribution in [0.2, 0.25) is 0 Å². The topological polar surface area (TPSA) is 48.1 Å². The molecule has 1 aromatic carbocycles. The van der Waals surface area contributed by atoms with Crippen molar-refractivity contribution in [2.24, 2.45) is 0 Å². The molecule has 4 nitrogen and oxygen atoms in total. The summed E-state index contributed by atoms with van der Waals surface area (Å²) in [5.41, 5.74) is 4.45. The van der Waals surface area contributed by atoms with Crippen LogP contribution in [-0.4, -0.2) is 6.67 Å². The maximum atomic E-state index is 3.81. The highest BCUT2D eigenvalue weighted by Crippen LogP contribution is 2.39. The first-order valence-corrected chi connectivity index (χ1v) is 4.22. The Balaban J connectivity index is 2.15. The Morgan fingerprint density at radius 3 is 2.00 bits per heavy atom. The van der Waals surface area contributed by atoms with Crippen LogP contribution in [0.25, 0.3) is 0 Å². The second-order valence-electron chi connectivity index (χ2n) is 3.20. The van der Waals surface area contributed by atoms with Gasteiger partial charge in [0.25, 0.3) is 0 Å². The molecule has 13 heavy (non-hydrogen) atoms. The molecule has 2 aliphatic heterocycles. The van der Waals surface area contributed by atoms with Crippen molar-refractivity contribution in [1.29, 1.82) is 0 Å². The van der Waals surface area contributed by atoms with E-state index in [0.717, 1.165) is 35.2 Å². The van der Waals surface area contributed by atoms with E-state index in [2.05, 4.69) is 40.0 Å². The highest BCUT2D eigenvalue weighted by atomic mass is 15.2. The lowest BCUT2D eigenvalue weighted by atomic mass is 10.2. The fraction of sp³-hybridized carbons (Fsp3) is 0.111. The second-order valence-corrected chi connectivity index (χ2v) is 3.20. The van der Waals surface area contributed by atoms with Gasteiger partial charge in [-0.2, -0.15) is 0 Å². The van der Waals surface area contributed by atoms with Crippen LogP contribution in [0.5, 0.6) is 0 Å². The van der Waals surface area contributed by atoms with Crippen molar-refractivity contribution in [3.63, 3.8) is 0 Å². The van der Waals surface area contributed by atoms with Gasteiger partial charge in [-0.1, -0.05) is 6.58 Å². The average molecular weight is 174 g/mol. The predicted octanol–water partition coefficient (Wildman–Crippen LogP) is 1.79. The van der Waals surface area contributed by atoms with Crippen LogP contribution in [0.4, 0.5) is 22.7 Å².